The molecule has 5 N–H and O–H groups in total. The Bertz CT molecular complexity index is 251. The lowest BCUT2D eigenvalue weighted by atomic mass is 9.91. The van der Waals surface area contributed by atoms with E-state index in [1.165, 1.54) is 0 Å². The Kier molecular flexibility index (Phi) is 2.47. The molecule has 0 aromatic rings. The Hall–Kier alpha value is -1.23. The van der Waals surface area contributed by atoms with E-state index in [4.69, 9.17) is 11.5 Å². The SMILES string of the molecule is CCCC1(C(N)=O)NN(C)C=C1N. The number of nitrogens with zero attached hydrogens (tertiary/aromatic N) is 1. The molecule has 0 radical (unpaired) electrons. The first kappa shape index (κ1) is 9.85. The minimum atomic E-state index is -0.872. The largest absolute Gasteiger partial charge is 0.399 e. The van der Waals surface area contributed by atoms with Crippen LogP contribution < -0.4 is 16.9 Å². The van der Waals surface area contributed by atoms with Gasteiger partial charge in [-0.25, -0.2) is 5.43 Å². The van der Waals surface area contributed by atoms with Crippen molar-refractivity contribution in [2.75, 3.05) is 7.05 Å². The summed E-state index contributed by atoms with van der Waals surface area (Å²) in [6.45, 7) is 1.98. The van der Waals surface area contributed by atoms with Crippen molar-refractivity contribution in [1.82, 2.24) is 10.4 Å². The zero-order valence-corrected chi connectivity index (χ0v) is 8.00. The third-order valence-corrected chi connectivity index (χ3v) is 2.24. The van der Waals surface area contributed by atoms with Crippen molar-refractivity contribution in [3.63, 3.8) is 0 Å². The molecule has 1 rings (SSSR count). The maximum Gasteiger partial charge on any atom is 0.245 e. The van der Waals surface area contributed by atoms with Crippen LogP contribution in [-0.2, 0) is 4.79 Å². The maximum absolute atomic E-state index is 11.3. The number of primary amides is 1. The highest BCUT2D eigenvalue weighted by Gasteiger charge is 2.43. The van der Waals surface area contributed by atoms with Crippen molar-refractivity contribution >= 4 is 5.91 Å². The number of hydrogen-bond acceptors (Lipinski definition) is 4. The average molecular weight is 184 g/mol. The Labute approximate surface area is 77.7 Å². The van der Waals surface area contributed by atoms with Gasteiger partial charge in [0.25, 0.3) is 0 Å². The first-order chi connectivity index (χ1) is 6.03. The van der Waals surface area contributed by atoms with Crippen molar-refractivity contribution in [3.05, 3.63) is 11.9 Å². The van der Waals surface area contributed by atoms with E-state index < -0.39 is 11.4 Å². The molecule has 1 heterocycles. The van der Waals surface area contributed by atoms with Crippen LogP contribution in [0.25, 0.3) is 0 Å². The topological polar surface area (TPSA) is 84.4 Å². The van der Waals surface area contributed by atoms with Crippen LogP contribution in [0.15, 0.2) is 11.9 Å². The second-order valence-corrected chi connectivity index (χ2v) is 3.33. The summed E-state index contributed by atoms with van der Waals surface area (Å²) in [6.07, 6.45) is 3.15. The van der Waals surface area contributed by atoms with E-state index in [9.17, 15) is 4.79 Å². The van der Waals surface area contributed by atoms with Gasteiger partial charge in [0.2, 0.25) is 5.91 Å². The molecule has 0 aromatic carbocycles. The highest BCUT2D eigenvalue weighted by atomic mass is 16.2. The van der Waals surface area contributed by atoms with Gasteiger partial charge in [-0.3, -0.25) is 4.79 Å². The first-order valence-electron chi connectivity index (χ1n) is 4.31. The predicted octanol–water partition coefficient (Wildman–Crippen LogP) is -0.739. The van der Waals surface area contributed by atoms with E-state index in [1.54, 1.807) is 18.3 Å². The van der Waals surface area contributed by atoms with E-state index >= 15 is 0 Å². The molecule has 5 heteroatoms. The second kappa shape index (κ2) is 3.26. The van der Waals surface area contributed by atoms with Crippen LogP contribution in [0.1, 0.15) is 19.8 Å². The monoisotopic (exact) mass is 184 g/mol. The lowest BCUT2D eigenvalue weighted by Crippen LogP contribution is -2.57. The number of carbonyl (C=O) groups is 1. The number of hydrogen-bond donors (Lipinski definition) is 3. The predicted molar refractivity (Wildman–Crippen MR) is 50.0 cm³/mol. The van der Waals surface area contributed by atoms with Crippen LogP contribution in [0.2, 0.25) is 0 Å². The molecule has 0 saturated heterocycles. The molecule has 0 bridgehead atoms. The number of nitrogens with two attached hydrogens (primary N) is 2. The molecule has 0 spiro atoms. The Morgan fingerprint density at radius 1 is 1.77 bits per heavy atom. The standard InChI is InChI=1S/C8H16N4O/c1-3-4-8(7(10)13)6(9)5-12(2)11-8/h5,11H,3-4,9H2,1-2H3,(H2,10,13). The Morgan fingerprint density at radius 3 is 2.69 bits per heavy atom. The number of hydrazine groups is 1. The molecule has 13 heavy (non-hydrogen) atoms. The number of nitrogens with one attached hydrogen (secondary N) is 1. The van der Waals surface area contributed by atoms with Gasteiger partial charge in [-0.15, -0.1) is 0 Å². The summed E-state index contributed by atoms with van der Waals surface area (Å²) < 4.78 is 0. The van der Waals surface area contributed by atoms with Crippen molar-refractivity contribution in [3.8, 4) is 0 Å². The molecule has 74 valence electrons. The van der Waals surface area contributed by atoms with E-state index in [1.807, 2.05) is 6.92 Å². The van der Waals surface area contributed by atoms with Gasteiger partial charge in [0.1, 0.15) is 0 Å². The zero-order valence-electron chi connectivity index (χ0n) is 8.00. The third-order valence-electron chi connectivity index (χ3n) is 2.24. The van der Waals surface area contributed by atoms with Gasteiger partial charge in [0, 0.05) is 13.2 Å². The number of carbonyl (C=O) groups excluding carboxylic acids is 1. The molecule has 0 aliphatic carbocycles. The van der Waals surface area contributed by atoms with Gasteiger partial charge in [0.05, 0.1) is 5.70 Å². The molecule has 0 saturated carbocycles. The molecule has 1 aliphatic heterocycles. The Balaban J connectivity index is 2.94. The van der Waals surface area contributed by atoms with Crippen LogP contribution in [0.3, 0.4) is 0 Å². The fourth-order valence-electron chi connectivity index (χ4n) is 1.61. The van der Waals surface area contributed by atoms with Gasteiger partial charge in [0.15, 0.2) is 5.54 Å². The fraction of sp³-hybridized carbons (Fsp3) is 0.625. The van der Waals surface area contributed by atoms with Crippen molar-refractivity contribution < 1.29 is 4.79 Å². The highest BCUT2D eigenvalue weighted by molar-refractivity contribution is 5.88. The molecule has 1 unspecified atom stereocenters. The lowest BCUT2D eigenvalue weighted by Gasteiger charge is -2.28. The maximum atomic E-state index is 11.3. The summed E-state index contributed by atoms with van der Waals surface area (Å²) in [5.41, 5.74) is 13.6. The summed E-state index contributed by atoms with van der Waals surface area (Å²) in [7, 11) is 1.78. The minimum Gasteiger partial charge on any atom is -0.399 e. The van der Waals surface area contributed by atoms with E-state index in [2.05, 4.69) is 5.43 Å². The summed E-state index contributed by atoms with van der Waals surface area (Å²) in [5.74, 6) is -0.424. The van der Waals surface area contributed by atoms with Gasteiger partial charge in [-0.2, -0.15) is 0 Å². The highest BCUT2D eigenvalue weighted by Crippen LogP contribution is 2.24. The fourth-order valence-corrected chi connectivity index (χ4v) is 1.61. The quantitative estimate of drug-likeness (QED) is 0.539. The molecule has 1 atom stereocenters. The minimum absolute atomic E-state index is 0.424. The van der Waals surface area contributed by atoms with Gasteiger partial charge in [-0.1, -0.05) is 13.3 Å². The second-order valence-electron chi connectivity index (χ2n) is 3.33. The molecule has 1 aliphatic rings. The van der Waals surface area contributed by atoms with Crippen molar-refractivity contribution in [1.29, 1.82) is 0 Å². The van der Waals surface area contributed by atoms with Gasteiger partial charge < -0.3 is 16.5 Å². The molecule has 0 fully saturated rings. The van der Waals surface area contributed by atoms with Gasteiger partial charge in [-0.05, 0) is 6.42 Å². The van der Waals surface area contributed by atoms with Crippen LogP contribution >= 0.6 is 0 Å². The summed E-state index contributed by atoms with van der Waals surface area (Å²) >= 11 is 0. The zero-order chi connectivity index (χ0) is 10.1. The summed E-state index contributed by atoms with van der Waals surface area (Å²) in [5, 5.41) is 1.66. The van der Waals surface area contributed by atoms with E-state index in [0.717, 1.165) is 6.42 Å². The summed E-state index contributed by atoms with van der Waals surface area (Å²) in [4.78, 5) is 11.3. The van der Waals surface area contributed by atoms with Crippen molar-refractivity contribution in [2.45, 2.75) is 25.3 Å². The average Bonchev–Trinajstić information content (AvgIpc) is 2.28. The number of amides is 1. The van der Waals surface area contributed by atoms with E-state index in [0.29, 0.717) is 12.1 Å². The lowest BCUT2D eigenvalue weighted by molar-refractivity contribution is -0.124. The number of rotatable bonds is 3. The third kappa shape index (κ3) is 1.47. The molecular weight excluding hydrogens is 168 g/mol. The molecule has 0 aromatic heterocycles. The van der Waals surface area contributed by atoms with Gasteiger partial charge >= 0.3 is 0 Å². The van der Waals surface area contributed by atoms with Crippen LogP contribution in [0.4, 0.5) is 0 Å². The molecule has 1 amide bonds. The smallest absolute Gasteiger partial charge is 0.245 e. The van der Waals surface area contributed by atoms with Crippen molar-refractivity contribution in [2.24, 2.45) is 11.5 Å². The van der Waals surface area contributed by atoms with E-state index in [-0.39, 0.29) is 0 Å². The molecule has 5 nitrogen and oxygen atoms in total. The normalized spacial score (nSPS) is 27.5. The summed E-state index contributed by atoms with van der Waals surface area (Å²) in [6, 6.07) is 0. The van der Waals surface area contributed by atoms with Crippen LogP contribution in [0.5, 0.6) is 0 Å². The molecular formula is C8H16N4O. The van der Waals surface area contributed by atoms with Crippen LogP contribution in [-0.4, -0.2) is 23.5 Å². The first-order valence-corrected chi connectivity index (χ1v) is 4.31. The van der Waals surface area contributed by atoms with Crippen LogP contribution in [0, 0.1) is 0 Å². The Morgan fingerprint density at radius 2 is 2.38 bits per heavy atom.